The van der Waals surface area contributed by atoms with Crippen LogP contribution in [0.3, 0.4) is 0 Å². The normalized spacial score (nSPS) is 13.8. The fourth-order valence-corrected chi connectivity index (χ4v) is 3.11. The summed E-state index contributed by atoms with van der Waals surface area (Å²) in [5.41, 5.74) is 2.41. The van der Waals surface area contributed by atoms with E-state index in [0.717, 1.165) is 37.2 Å². The molecule has 0 bridgehead atoms. The lowest BCUT2D eigenvalue weighted by molar-refractivity contribution is 0.102. The molecule has 9 nitrogen and oxygen atoms in total. The minimum atomic E-state index is -0.389. The van der Waals surface area contributed by atoms with Crippen LogP contribution in [-0.2, 0) is 0 Å². The number of benzene rings is 1. The van der Waals surface area contributed by atoms with Crippen LogP contribution >= 0.6 is 11.6 Å². The largest absolute Gasteiger partial charge is 0.341 e. The Balaban J connectivity index is 1.61. The van der Waals surface area contributed by atoms with Gasteiger partial charge in [-0.2, -0.15) is 0 Å². The molecule has 2 aromatic heterocycles. The first kappa shape index (κ1) is 17.3. The number of amides is 1. The second-order valence-electron chi connectivity index (χ2n) is 6.27. The van der Waals surface area contributed by atoms with Crippen molar-refractivity contribution in [2.45, 2.75) is 19.8 Å². The summed E-state index contributed by atoms with van der Waals surface area (Å²) in [6.45, 7) is 3.67. The molecule has 1 N–H and O–H groups in total. The summed E-state index contributed by atoms with van der Waals surface area (Å²) in [5, 5.41) is 14.2. The first-order chi connectivity index (χ1) is 13.1. The highest BCUT2D eigenvalue weighted by Crippen LogP contribution is 2.23. The first-order valence-electron chi connectivity index (χ1n) is 8.54. The number of carbonyl (C=O) groups is 1. The van der Waals surface area contributed by atoms with Crippen molar-refractivity contribution in [3.63, 3.8) is 0 Å². The number of halogens is 1. The molecular formula is C17H17ClN8O. The summed E-state index contributed by atoms with van der Waals surface area (Å²) in [7, 11) is 0. The number of aromatic nitrogens is 6. The van der Waals surface area contributed by atoms with Gasteiger partial charge in [-0.05, 0) is 47.9 Å². The molecule has 0 spiro atoms. The van der Waals surface area contributed by atoms with Gasteiger partial charge in [-0.15, -0.1) is 5.10 Å². The molecule has 1 amide bonds. The van der Waals surface area contributed by atoms with Crippen LogP contribution in [0.25, 0.3) is 5.69 Å². The van der Waals surface area contributed by atoms with Gasteiger partial charge < -0.3 is 10.2 Å². The number of anilines is 2. The van der Waals surface area contributed by atoms with E-state index in [-0.39, 0.29) is 16.6 Å². The number of nitrogens with zero attached hydrogens (tertiary/aromatic N) is 7. The molecule has 1 aliphatic heterocycles. The predicted octanol–water partition coefficient (Wildman–Crippen LogP) is 2.27. The van der Waals surface area contributed by atoms with Gasteiger partial charge in [0.2, 0.25) is 5.95 Å². The molecule has 3 heterocycles. The fraction of sp³-hybridized carbons (Fsp3) is 0.294. The van der Waals surface area contributed by atoms with Crippen LogP contribution in [0.2, 0.25) is 5.02 Å². The molecule has 0 atom stereocenters. The number of carbonyl (C=O) groups excluding carboxylic acids is 1. The van der Waals surface area contributed by atoms with Crippen LogP contribution in [0.4, 0.5) is 11.6 Å². The number of hydrogen-bond acceptors (Lipinski definition) is 7. The molecule has 0 aliphatic carbocycles. The van der Waals surface area contributed by atoms with Gasteiger partial charge in [-0.1, -0.05) is 17.7 Å². The maximum atomic E-state index is 12.8. The molecule has 4 rings (SSSR count). The Morgan fingerprint density at radius 1 is 1.26 bits per heavy atom. The van der Waals surface area contributed by atoms with Gasteiger partial charge in [-0.25, -0.2) is 14.6 Å². The van der Waals surface area contributed by atoms with Gasteiger partial charge in [-0.3, -0.25) is 4.79 Å². The van der Waals surface area contributed by atoms with Crippen LogP contribution in [-0.4, -0.2) is 49.2 Å². The summed E-state index contributed by atoms with van der Waals surface area (Å²) < 4.78 is 1.51. The molecule has 3 aromatic rings. The van der Waals surface area contributed by atoms with Crippen molar-refractivity contribution in [1.82, 2.24) is 30.2 Å². The third-order valence-electron chi connectivity index (χ3n) is 4.42. The van der Waals surface area contributed by atoms with E-state index in [0.29, 0.717) is 11.6 Å². The molecule has 138 valence electrons. The van der Waals surface area contributed by atoms with Gasteiger partial charge >= 0.3 is 0 Å². The third-order valence-corrected chi connectivity index (χ3v) is 4.69. The van der Waals surface area contributed by atoms with Crippen molar-refractivity contribution in [1.29, 1.82) is 0 Å². The van der Waals surface area contributed by atoms with Crippen LogP contribution in [0.15, 0.2) is 30.7 Å². The van der Waals surface area contributed by atoms with Gasteiger partial charge in [0.05, 0.1) is 16.9 Å². The first-order valence-corrected chi connectivity index (χ1v) is 8.92. The van der Waals surface area contributed by atoms with Crippen molar-refractivity contribution in [3.8, 4) is 5.69 Å². The highest BCUT2D eigenvalue weighted by Gasteiger charge is 2.20. The lowest BCUT2D eigenvalue weighted by atomic mass is 10.1. The van der Waals surface area contributed by atoms with E-state index in [1.165, 1.54) is 17.2 Å². The zero-order valence-corrected chi connectivity index (χ0v) is 15.4. The molecule has 1 fully saturated rings. The van der Waals surface area contributed by atoms with E-state index in [1.807, 2.05) is 19.1 Å². The molecule has 10 heteroatoms. The molecule has 1 saturated heterocycles. The van der Waals surface area contributed by atoms with Gasteiger partial charge in [0, 0.05) is 18.8 Å². The van der Waals surface area contributed by atoms with E-state index in [2.05, 4.69) is 35.7 Å². The summed E-state index contributed by atoms with van der Waals surface area (Å²) in [5.74, 6) is 0.140. The van der Waals surface area contributed by atoms with Crippen LogP contribution in [0, 0.1) is 6.92 Å². The summed E-state index contributed by atoms with van der Waals surface area (Å²) in [4.78, 5) is 23.5. The molecular weight excluding hydrogens is 368 g/mol. The second kappa shape index (κ2) is 7.28. The fourth-order valence-electron chi connectivity index (χ4n) is 2.93. The van der Waals surface area contributed by atoms with Crippen molar-refractivity contribution >= 4 is 29.1 Å². The molecule has 1 aliphatic rings. The molecule has 27 heavy (non-hydrogen) atoms. The summed E-state index contributed by atoms with van der Waals surface area (Å²) >= 11 is 6.18. The van der Waals surface area contributed by atoms with E-state index < -0.39 is 0 Å². The molecule has 0 radical (unpaired) electrons. The minimum absolute atomic E-state index is 0.154. The average Bonchev–Trinajstić information content (AvgIpc) is 3.38. The zero-order chi connectivity index (χ0) is 18.8. The zero-order valence-electron chi connectivity index (χ0n) is 14.6. The standard InChI is InChI=1S/C17H17ClN8O/c1-11-4-5-12(26-10-20-23-24-26)8-14(11)21-16(27)15-13(18)9-19-17(22-15)25-6-2-3-7-25/h4-5,8-10H,2-3,6-7H2,1H3,(H,21,27). The Morgan fingerprint density at radius 3 is 2.81 bits per heavy atom. The number of hydrogen-bond donors (Lipinski definition) is 1. The van der Waals surface area contributed by atoms with Crippen molar-refractivity contribution in [2.75, 3.05) is 23.3 Å². The summed E-state index contributed by atoms with van der Waals surface area (Å²) in [6.07, 6.45) is 5.15. The average molecular weight is 385 g/mol. The van der Waals surface area contributed by atoms with E-state index in [9.17, 15) is 4.79 Å². The second-order valence-corrected chi connectivity index (χ2v) is 6.68. The van der Waals surface area contributed by atoms with Crippen LogP contribution in [0.5, 0.6) is 0 Å². The number of aryl methyl sites for hydroxylation is 1. The number of nitrogens with one attached hydrogen (secondary N) is 1. The van der Waals surface area contributed by atoms with Crippen LogP contribution in [0.1, 0.15) is 28.9 Å². The van der Waals surface area contributed by atoms with E-state index in [1.54, 1.807) is 6.07 Å². The smallest absolute Gasteiger partial charge is 0.276 e. The Bertz CT molecular complexity index is 969. The maximum Gasteiger partial charge on any atom is 0.276 e. The monoisotopic (exact) mass is 384 g/mol. The quantitative estimate of drug-likeness (QED) is 0.736. The lowest BCUT2D eigenvalue weighted by Crippen LogP contribution is -2.23. The van der Waals surface area contributed by atoms with E-state index in [4.69, 9.17) is 11.6 Å². The Hall–Kier alpha value is -3.07. The Kier molecular flexibility index (Phi) is 4.68. The third kappa shape index (κ3) is 3.59. The summed E-state index contributed by atoms with van der Waals surface area (Å²) in [6, 6.07) is 5.54. The minimum Gasteiger partial charge on any atom is -0.341 e. The maximum absolute atomic E-state index is 12.8. The van der Waals surface area contributed by atoms with Gasteiger partial charge in [0.15, 0.2) is 5.69 Å². The lowest BCUT2D eigenvalue weighted by Gasteiger charge is -2.16. The topological polar surface area (TPSA) is 102 Å². The highest BCUT2D eigenvalue weighted by molar-refractivity contribution is 6.34. The predicted molar refractivity (Wildman–Crippen MR) is 100 cm³/mol. The SMILES string of the molecule is Cc1ccc(-n2cnnn2)cc1NC(=O)c1nc(N2CCCC2)ncc1Cl. The van der Waals surface area contributed by atoms with E-state index >= 15 is 0 Å². The number of rotatable bonds is 4. The van der Waals surface area contributed by atoms with Gasteiger partial charge in [0.1, 0.15) is 6.33 Å². The molecule has 1 aromatic carbocycles. The molecule has 0 saturated carbocycles. The Labute approximate surface area is 160 Å². The van der Waals surface area contributed by atoms with Gasteiger partial charge in [0.25, 0.3) is 5.91 Å². The van der Waals surface area contributed by atoms with Crippen molar-refractivity contribution in [3.05, 3.63) is 47.0 Å². The van der Waals surface area contributed by atoms with Crippen molar-refractivity contribution in [2.24, 2.45) is 0 Å². The van der Waals surface area contributed by atoms with Crippen LogP contribution < -0.4 is 10.2 Å². The number of tetrazole rings is 1. The van der Waals surface area contributed by atoms with Crippen molar-refractivity contribution < 1.29 is 4.79 Å². The molecule has 0 unspecified atom stereocenters. The Morgan fingerprint density at radius 2 is 2.07 bits per heavy atom. The highest BCUT2D eigenvalue weighted by atomic mass is 35.5.